The molecule has 2 aliphatic rings. The molecule has 1 aliphatic heterocycles. The molecule has 0 aromatic heterocycles. The van der Waals surface area contributed by atoms with Gasteiger partial charge in [0.05, 0.1) is 27.4 Å². The number of esters is 1. The molecule has 0 amide bonds. The molecule has 5 nitrogen and oxygen atoms in total. The van der Waals surface area contributed by atoms with Gasteiger partial charge in [0.15, 0.2) is 0 Å². The topological polar surface area (TPSA) is 48.0 Å². The van der Waals surface area contributed by atoms with Gasteiger partial charge in [-0.25, -0.2) is 0 Å². The largest absolute Gasteiger partial charge is 0.497 e. The predicted octanol–water partition coefficient (Wildman–Crippen LogP) is 3.92. The highest BCUT2D eigenvalue weighted by molar-refractivity contribution is 5.78. The summed E-state index contributed by atoms with van der Waals surface area (Å²) in [5, 5.41) is 0. The third-order valence-electron chi connectivity index (χ3n) is 6.88. The molecule has 4 rings (SSSR count). The first-order valence-electron chi connectivity index (χ1n) is 10.0. The minimum absolute atomic E-state index is 0.0421. The molecule has 0 N–H and O–H groups in total. The van der Waals surface area contributed by atoms with E-state index in [0.29, 0.717) is 11.8 Å². The first kappa shape index (κ1) is 19.8. The fourth-order valence-corrected chi connectivity index (χ4v) is 5.13. The number of rotatable bonds is 6. The molecule has 0 spiro atoms. The van der Waals surface area contributed by atoms with Crippen LogP contribution in [0.3, 0.4) is 0 Å². The Morgan fingerprint density at radius 3 is 1.83 bits per heavy atom. The maximum Gasteiger partial charge on any atom is 0.323 e. The number of fused-ring (bicyclic) bond motifs is 1. The molecule has 1 saturated heterocycles. The van der Waals surface area contributed by atoms with Crippen LogP contribution in [0.25, 0.3) is 0 Å². The van der Waals surface area contributed by atoms with E-state index in [9.17, 15) is 4.79 Å². The van der Waals surface area contributed by atoms with E-state index in [2.05, 4.69) is 43.0 Å². The number of carbonyl (C=O) groups is 1. The highest BCUT2D eigenvalue weighted by Crippen LogP contribution is 2.66. The molecule has 1 heterocycles. The molecular formula is C24H29NO4. The van der Waals surface area contributed by atoms with E-state index in [1.165, 1.54) is 7.11 Å². The summed E-state index contributed by atoms with van der Waals surface area (Å²) in [4.78, 5) is 15.1. The Morgan fingerprint density at radius 1 is 0.931 bits per heavy atom. The summed E-state index contributed by atoms with van der Waals surface area (Å²) >= 11 is 0. The fraction of sp³-hybridized carbons (Fsp3) is 0.458. The van der Waals surface area contributed by atoms with E-state index in [4.69, 9.17) is 14.2 Å². The van der Waals surface area contributed by atoms with E-state index < -0.39 is 0 Å². The molecule has 2 aromatic rings. The van der Waals surface area contributed by atoms with Crippen LogP contribution in [0.15, 0.2) is 48.5 Å². The van der Waals surface area contributed by atoms with Gasteiger partial charge in [0.2, 0.25) is 0 Å². The first-order chi connectivity index (χ1) is 13.9. The van der Waals surface area contributed by atoms with Crippen molar-refractivity contribution in [3.05, 3.63) is 59.7 Å². The van der Waals surface area contributed by atoms with Crippen molar-refractivity contribution in [2.45, 2.75) is 25.9 Å². The number of carbonyl (C=O) groups excluding carboxylic acids is 1. The first-order valence-corrected chi connectivity index (χ1v) is 10.0. The van der Waals surface area contributed by atoms with Gasteiger partial charge in [-0.1, -0.05) is 38.1 Å². The Balaban J connectivity index is 1.75. The third-order valence-corrected chi connectivity index (χ3v) is 6.88. The maximum atomic E-state index is 12.8. The number of hydrogen-bond acceptors (Lipinski definition) is 5. The van der Waals surface area contributed by atoms with E-state index in [0.717, 1.165) is 29.2 Å². The number of benzene rings is 2. The Bertz CT molecular complexity index is 827. The van der Waals surface area contributed by atoms with Crippen LogP contribution in [0.5, 0.6) is 11.5 Å². The molecule has 2 aromatic carbocycles. The number of hydrogen-bond donors (Lipinski definition) is 0. The number of ether oxygens (including phenoxy) is 3. The summed E-state index contributed by atoms with van der Waals surface area (Å²) in [5.74, 6) is 2.32. The highest BCUT2D eigenvalue weighted by Gasteiger charge is 2.69. The quantitative estimate of drug-likeness (QED) is 0.694. The van der Waals surface area contributed by atoms with Crippen molar-refractivity contribution in [1.82, 2.24) is 4.90 Å². The van der Waals surface area contributed by atoms with Crippen LogP contribution in [0.4, 0.5) is 0 Å². The van der Waals surface area contributed by atoms with Crippen LogP contribution < -0.4 is 9.47 Å². The normalized spacial score (nSPS) is 24.8. The lowest BCUT2D eigenvalue weighted by molar-refractivity contribution is -0.148. The second-order valence-electron chi connectivity index (χ2n) is 8.57. The maximum absolute atomic E-state index is 12.8. The van der Waals surface area contributed by atoms with Crippen molar-refractivity contribution < 1.29 is 19.0 Å². The average molecular weight is 395 g/mol. The van der Waals surface area contributed by atoms with E-state index in [-0.39, 0.29) is 23.5 Å². The summed E-state index contributed by atoms with van der Waals surface area (Å²) in [6.07, 6.45) is 0. The molecule has 1 saturated carbocycles. The zero-order valence-corrected chi connectivity index (χ0v) is 17.7. The van der Waals surface area contributed by atoms with Crippen molar-refractivity contribution >= 4 is 5.97 Å². The minimum Gasteiger partial charge on any atom is -0.497 e. The Kier molecular flexibility index (Phi) is 5.03. The zero-order valence-electron chi connectivity index (χ0n) is 17.7. The lowest BCUT2D eigenvalue weighted by Gasteiger charge is -2.36. The van der Waals surface area contributed by atoms with Crippen LogP contribution in [0.2, 0.25) is 0 Å². The molecule has 0 bridgehead atoms. The highest BCUT2D eigenvalue weighted by atomic mass is 16.5. The number of nitrogens with zero attached hydrogens (tertiary/aromatic N) is 1. The van der Waals surface area contributed by atoms with Gasteiger partial charge in [-0.15, -0.1) is 0 Å². The van der Waals surface area contributed by atoms with Crippen molar-refractivity contribution in [2.24, 2.45) is 17.3 Å². The van der Waals surface area contributed by atoms with Crippen LogP contribution in [0.1, 0.15) is 31.0 Å². The van der Waals surface area contributed by atoms with Gasteiger partial charge < -0.3 is 14.2 Å². The van der Waals surface area contributed by atoms with Crippen molar-refractivity contribution in [3.63, 3.8) is 0 Å². The van der Waals surface area contributed by atoms with Crippen molar-refractivity contribution in [2.75, 3.05) is 27.9 Å². The standard InChI is InChI=1S/C24H29NO4/c1-24(2)19-14-25(22(20(19)24)23(26)29-5)21(15-6-10-17(27-3)11-7-15)16-8-12-18(28-4)13-9-16/h6-13,19-22H,14H2,1-5H3. The number of likely N-dealkylation sites (tertiary alicyclic amines) is 1. The Hall–Kier alpha value is -2.53. The van der Waals surface area contributed by atoms with Crippen LogP contribution in [-0.2, 0) is 9.53 Å². The van der Waals surface area contributed by atoms with Crippen LogP contribution in [0, 0.1) is 17.3 Å². The minimum atomic E-state index is -0.241. The molecule has 2 fully saturated rings. The molecule has 29 heavy (non-hydrogen) atoms. The molecule has 3 unspecified atom stereocenters. The molecule has 0 radical (unpaired) electrons. The molecular weight excluding hydrogens is 366 g/mol. The van der Waals surface area contributed by atoms with Gasteiger partial charge >= 0.3 is 5.97 Å². The summed E-state index contributed by atoms with van der Waals surface area (Å²) in [6.45, 7) is 5.39. The smallest absolute Gasteiger partial charge is 0.323 e. The fourth-order valence-electron chi connectivity index (χ4n) is 5.13. The van der Waals surface area contributed by atoms with E-state index >= 15 is 0 Å². The van der Waals surface area contributed by atoms with Gasteiger partial charge in [-0.2, -0.15) is 0 Å². The van der Waals surface area contributed by atoms with Crippen LogP contribution in [-0.4, -0.2) is 44.8 Å². The molecule has 1 aliphatic carbocycles. The second kappa shape index (κ2) is 7.38. The summed E-state index contributed by atoms with van der Waals surface area (Å²) in [5.41, 5.74) is 2.44. The summed E-state index contributed by atoms with van der Waals surface area (Å²) in [6, 6.07) is 15.9. The van der Waals surface area contributed by atoms with Gasteiger partial charge in [-0.05, 0) is 52.6 Å². The van der Waals surface area contributed by atoms with Gasteiger partial charge in [0, 0.05) is 6.54 Å². The lowest BCUT2D eigenvalue weighted by Crippen LogP contribution is -2.44. The third kappa shape index (κ3) is 3.27. The Labute approximate surface area is 172 Å². The monoisotopic (exact) mass is 395 g/mol. The van der Waals surface area contributed by atoms with Crippen molar-refractivity contribution in [1.29, 1.82) is 0 Å². The number of piperidine rings is 1. The zero-order chi connectivity index (χ0) is 20.8. The van der Waals surface area contributed by atoms with Gasteiger partial charge in [0.25, 0.3) is 0 Å². The molecule has 154 valence electrons. The SMILES string of the molecule is COC(=O)C1C2C(CN1C(c1ccc(OC)cc1)c1ccc(OC)cc1)C2(C)C. The lowest BCUT2D eigenvalue weighted by atomic mass is 9.93. The summed E-state index contributed by atoms with van der Waals surface area (Å²) in [7, 11) is 4.82. The predicted molar refractivity (Wildman–Crippen MR) is 111 cm³/mol. The Morgan fingerprint density at radius 2 is 1.41 bits per heavy atom. The van der Waals surface area contributed by atoms with Gasteiger partial charge in [0.1, 0.15) is 17.5 Å². The summed E-state index contributed by atoms with van der Waals surface area (Å²) < 4.78 is 15.9. The van der Waals surface area contributed by atoms with Gasteiger partial charge in [-0.3, -0.25) is 9.69 Å². The average Bonchev–Trinajstić information content (AvgIpc) is 3.08. The molecule has 5 heteroatoms. The van der Waals surface area contributed by atoms with E-state index in [1.807, 2.05) is 24.3 Å². The van der Waals surface area contributed by atoms with Crippen LogP contribution >= 0.6 is 0 Å². The second-order valence-corrected chi connectivity index (χ2v) is 8.57. The number of methoxy groups -OCH3 is 3. The molecule has 3 atom stereocenters. The van der Waals surface area contributed by atoms with Crippen molar-refractivity contribution in [3.8, 4) is 11.5 Å². The van der Waals surface area contributed by atoms with E-state index in [1.54, 1.807) is 14.2 Å².